The van der Waals surface area contributed by atoms with Gasteiger partial charge in [0.1, 0.15) is 36.6 Å². The number of fused-ring (bicyclic) bond motifs is 10. The normalized spacial score (nSPS) is 58.3. The van der Waals surface area contributed by atoms with Crippen LogP contribution in [0.1, 0.15) is 157 Å². The van der Waals surface area contributed by atoms with Crippen LogP contribution in [0.25, 0.3) is 0 Å². The first kappa shape index (κ1) is 53.3. The van der Waals surface area contributed by atoms with Crippen molar-refractivity contribution in [1.29, 1.82) is 0 Å². The Morgan fingerprint density at radius 3 is 2.04 bits per heavy atom. The van der Waals surface area contributed by atoms with Crippen molar-refractivity contribution in [1.82, 2.24) is 0 Å². The second-order valence-electron chi connectivity index (χ2n) is 27.8. The van der Waals surface area contributed by atoms with Gasteiger partial charge in [0.15, 0.2) is 17.4 Å². The summed E-state index contributed by atoms with van der Waals surface area (Å²) in [4.78, 5) is 14.6. The summed E-state index contributed by atoms with van der Waals surface area (Å²) >= 11 is 0. The Balaban J connectivity index is 0.656. The second kappa shape index (κ2) is 20.1. The zero-order chi connectivity index (χ0) is 53.1. The highest BCUT2D eigenvalue weighted by atomic mass is 16.8. The first-order valence-corrected chi connectivity index (χ1v) is 31.1. The largest absolute Gasteiger partial charge is 0.459 e. The lowest BCUT2D eigenvalue weighted by atomic mass is 9.79. The summed E-state index contributed by atoms with van der Waals surface area (Å²) in [5.74, 6) is -1.90. The van der Waals surface area contributed by atoms with Crippen molar-refractivity contribution in [2.45, 2.75) is 320 Å². The topological polar surface area (TPSA) is 196 Å². The van der Waals surface area contributed by atoms with Crippen LogP contribution in [0.5, 0.6) is 0 Å². The van der Waals surface area contributed by atoms with Crippen molar-refractivity contribution in [3.05, 3.63) is 12.2 Å². The van der Waals surface area contributed by atoms with Crippen molar-refractivity contribution in [3.63, 3.8) is 0 Å². The van der Waals surface area contributed by atoms with Crippen LogP contribution < -0.4 is 0 Å². The number of hydrogen-bond acceptors (Lipinski definition) is 18. The minimum absolute atomic E-state index is 0.0270. The zero-order valence-corrected chi connectivity index (χ0v) is 46.5. The highest BCUT2D eigenvalue weighted by molar-refractivity contribution is 5.70. The van der Waals surface area contributed by atoms with Gasteiger partial charge in [0.25, 0.3) is 0 Å². The van der Waals surface area contributed by atoms with Crippen molar-refractivity contribution < 1.29 is 86.1 Å². The van der Waals surface area contributed by atoms with E-state index in [9.17, 15) is 15.0 Å². The summed E-state index contributed by atoms with van der Waals surface area (Å²) in [5, 5.41) is 19.4. The molecular formula is C60H88O18. The molecule has 2 N–H and O–H groups in total. The lowest BCUT2D eigenvalue weighted by molar-refractivity contribution is -0.347. The highest BCUT2D eigenvalue weighted by Gasteiger charge is 2.70. The molecular weight excluding hydrogens is 1010 g/mol. The maximum atomic E-state index is 14.6. The number of esters is 1. The molecule has 16 saturated heterocycles. The Bertz CT molecular complexity index is 2260. The Morgan fingerprint density at radius 2 is 1.18 bits per heavy atom. The van der Waals surface area contributed by atoms with E-state index < -0.39 is 41.8 Å². The third kappa shape index (κ3) is 9.28. The number of carbonyl (C=O) groups is 1. The average Bonchev–Trinajstić information content (AvgIpc) is 4.44. The van der Waals surface area contributed by atoms with Crippen LogP contribution in [0.3, 0.4) is 0 Å². The van der Waals surface area contributed by atoms with E-state index in [2.05, 4.69) is 41.2 Å². The Morgan fingerprint density at radius 1 is 0.500 bits per heavy atom. The van der Waals surface area contributed by atoms with Gasteiger partial charge in [-0.3, -0.25) is 4.79 Å². The fourth-order valence-electron chi connectivity index (χ4n) is 18.4. The van der Waals surface area contributed by atoms with Crippen LogP contribution in [-0.4, -0.2) is 187 Å². The lowest BCUT2D eigenvalue weighted by Gasteiger charge is -2.51. The molecule has 0 aliphatic carbocycles. The molecule has 3 spiro atoms. The van der Waals surface area contributed by atoms with Crippen LogP contribution in [0.15, 0.2) is 12.2 Å². The van der Waals surface area contributed by atoms with Gasteiger partial charge in [-0.25, -0.2) is 0 Å². The summed E-state index contributed by atoms with van der Waals surface area (Å²) in [5.41, 5.74) is 1.06. The molecule has 16 heterocycles. The van der Waals surface area contributed by atoms with Gasteiger partial charge in [0, 0.05) is 63.7 Å². The fraction of sp³-hybridized carbons (Fsp3) is 0.950. The van der Waals surface area contributed by atoms with Gasteiger partial charge in [-0.1, -0.05) is 41.2 Å². The predicted octanol–water partition coefficient (Wildman–Crippen LogP) is 6.03. The van der Waals surface area contributed by atoms with E-state index in [1.807, 2.05) is 0 Å². The molecule has 18 heteroatoms. The van der Waals surface area contributed by atoms with E-state index in [4.69, 9.17) is 71.1 Å². The third-order valence-electron chi connectivity index (χ3n) is 22.2. The molecule has 16 aliphatic rings. The van der Waals surface area contributed by atoms with E-state index in [-0.39, 0.29) is 165 Å². The van der Waals surface area contributed by atoms with Gasteiger partial charge in [0.2, 0.25) is 0 Å². The van der Waals surface area contributed by atoms with E-state index in [1.54, 1.807) is 0 Å². The van der Waals surface area contributed by atoms with Gasteiger partial charge >= 0.3 is 5.97 Å². The second-order valence-corrected chi connectivity index (χ2v) is 27.8. The Labute approximate surface area is 459 Å². The van der Waals surface area contributed by atoms with Crippen molar-refractivity contribution in [3.8, 4) is 0 Å². The zero-order valence-electron chi connectivity index (χ0n) is 46.5. The van der Waals surface area contributed by atoms with Gasteiger partial charge in [0.05, 0.1) is 123 Å². The Kier molecular flexibility index (Phi) is 13.7. The van der Waals surface area contributed by atoms with E-state index in [0.717, 1.165) is 56.9 Å². The monoisotopic (exact) mass is 1100 g/mol. The molecule has 32 atom stereocenters. The number of rotatable bonds is 4. The van der Waals surface area contributed by atoms with Crippen LogP contribution >= 0.6 is 0 Å². The van der Waals surface area contributed by atoms with E-state index >= 15 is 0 Å². The first-order valence-electron chi connectivity index (χ1n) is 31.1. The molecule has 12 bridgehead atoms. The molecule has 78 heavy (non-hydrogen) atoms. The number of ether oxygens (including phenoxy) is 15. The standard InChI is InChI=1S/C60H88O18/c1-27-15-34-9-11-38-28(2)16-37(64-38)13-14-58-24-46-54(77-58)55-56(71-46)57(78-58)53-39(69-55)12-10-36(67-53)18-48(63)72-52-32(6)51-43(68-42(52)19-40(65-34)31(27)5)20-41-45(70-51)23-60(73-41)25-47-50(76-60)30(4)22-59(75-47)21-29(3)49-44(74-59)17-35(66-49)8-7-33(62)26-61/h27-30,32-47,49-57,61-62H,5,7-26H2,1-4,6H3/t27-,28?,29+,30+,32+,33-,34?,35?,36?,37?,38+,39?,40?,41-,42+,43+,44?,45-,46-,47?,49?,50?,51+,52?,53+,54?,55+,56?,57?,58+,59-,60-/m1/s1. The summed E-state index contributed by atoms with van der Waals surface area (Å²) in [6.45, 7) is 15.6. The number of carbonyl (C=O) groups excluding carboxylic acids is 1. The molecule has 0 amide bonds. The highest BCUT2D eigenvalue weighted by Crippen LogP contribution is 2.58. The number of aliphatic hydroxyl groups excluding tert-OH is 2. The summed E-state index contributed by atoms with van der Waals surface area (Å²) in [7, 11) is 0. The fourth-order valence-corrected chi connectivity index (χ4v) is 18.4. The van der Waals surface area contributed by atoms with Crippen molar-refractivity contribution >= 4 is 5.97 Å². The molecule has 0 aromatic carbocycles. The van der Waals surface area contributed by atoms with Crippen molar-refractivity contribution in [2.75, 3.05) is 6.61 Å². The molecule has 18 nitrogen and oxygen atoms in total. The van der Waals surface area contributed by atoms with Gasteiger partial charge in [-0.05, 0) is 87.0 Å². The SMILES string of the molecule is C=C1C2C[C@@H]3O[C@H]4C[C@H]5O[C@]6(CC7O[C@]8(C[C@H](C)C9OC(CC[C@@H](O)CO)CC9O8)C[C@H](C)C7O6)C[C@H]5O[C@H]4[C@H](C)C3OC(=O)CC3CCC4O[C@@H]5C6O[C@@H]7C[C@](CCC8CC(C)[C@H](CCC(C[C@H]1C)O2)O8)(OC6[C@H]4O3)OC57. The molecule has 15 unspecified atom stereocenters. The molecule has 16 rings (SSSR count). The molecule has 436 valence electrons. The van der Waals surface area contributed by atoms with Gasteiger partial charge < -0.3 is 81.3 Å². The van der Waals surface area contributed by atoms with Crippen LogP contribution in [0, 0.1) is 29.6 Å². The van der Waals surface area contributed by atoms with E-state index in [1.165, 1.54) is 0 Å². The van der Waals surface area contributed by atoms with Gasteiger partial charge in [-0.15, -0.1) is 0 Å². The molecule has 0 saturated carbocycles. The van der Waals surface area contributed by atoms with E-state index in [0.29, 0.717) is 70.1 Å². The first-order chi connectivity index (χ1) is 37.6. The minimum atomic E-state index is -0.881. The lowest BCUT2D eigenvalue weighted by Crippen LogP contribution is -2.62. The molecule has 0 radical (unpaired) electrons. The minimum Gasteiger partial charge on any atom is -0.459 e. The van der Waals surface area contributed by atoms with Crippen LogP contribution in [0.2, 0.25) is 0 Å². The number of hydrogen-bond donors (Lipinski definition) is 2. The maximum absolute atomic E-state index is 14.6. The van der Waals surface area contributed by atoms with Gasteiger partial charge in [-0.2, -0.15) is 0 Å². The number of aliphatic hydroxyl groups is 2. The molecule has 16 fully saturated rings. The maximum Gasteiger partial charge on any atom is 0.308 e. The molecule has 16 aliphatic heterocycles. The Hall–Kier alpha value is -1.43. The smallest absolute Gasteiger partial charge is 0.308 e. The quantitative estimate of drug-likeness (QED) is 0.244. The summed E-state index contributed by atoms with van der Waals surface area (Å²) in [6, 6.07) is 0. The average molecular weight is 1100 g/mol. The summed E-state index contributed by atoms with van der Waals surface area (Å²) < 4.78 is 104. The molecule has 0 aromatic rings. The van der Waals surface area contributed by atoms with Crippen molar-refractivity contribution in [2.24, 2.45) is 29.6 Å². The van der Waals surface area contributed by atoms with Crippen LogP contribution in [-0.2, 0) is 75.8 Å². The third-order valence-corrected chi connectivity index (χ3v) is 22.2. The molecule has 0 aromatic heterocycles. The predicted molar refractivity (Wildman–Crippen MR) is 272 cm³/mol. The summed E-state index contributed by atoms with van der Waals surface area (Å²) in [6.07, 6.45) is 7.39. The van der Waals surface area contributed by atoms with Crippen LogP contribution in [0.4, 0.5) is 0 Å².